The Balaban J connectivity index is 0.00000167. The quantitative estimate of drug-likeness (QED) is 0.285. The van der Waals surface area contributed by atoms with Crippen molar-refractivity contribution in [1.29, 1.82) is 0 Å². The van der Waals surface area contributed by atoms with Gasteiger partial charge in [-0.3, -0.25) is 9.97 Å². The molecule has 1 unspecified atom stereocenters. The monoisotopic (exact) mass is 515 g/mol. The predicted molar refractivity (Wildman–Crippen MR) is 137 cm³/mol. The van der Waals surface area contributed by atoms with Gasteiger partial charge in [-0.1, -0.05) is 55.9 Å². The number of alkyl halides is 3. The van der Waals surface area contributed by atoms with E-state index in [2.05, 4.69) is 15.0 Å². The molecule has 0 amide bonds. The SMILES string of the molecule is CC.Nc1cc(-c2nccnc2Sc2ccc(C(F)(F)F)cc2)cnc1P(N)Cc1ccccc1. The Labute approximate surface area is 208 Å². The van der Waals surface area contributed by atoms with E-state index in [-0.39, 0.29) is 0 Å². The van der Waals surface area contributed by atoms with E-state index in [1.165, 1.54) is 30.1 Å². The summed E-state index contributed by atoms with van der Waals surface area (Å²) in [5.74, 6) is 0. The van der Waals surface area contributed by atoms with Crippen LogP contribution in [0.3, 0.4) is 0 Å². The van der Waals surface area contributed by atoms with Gasteiger partial charge in [-0.05, 0) is 35.9 Å². The molecule has 2 aromatic heterocycles. The molecule has 35 heavy (non-hydrogen) atoms. The maximum absolute atomic E-state index is 12.8. The van der Waals surface area contributed by atoms with Gasteiger partial charge in [0.1, 0.15) is 16.2 Å². The Bertz CT molecular complexity index is 1240. The van der Waals surface area contributed by atoms with Gasteiger partial charge in [0.2, 0.25) is 0 Å². The molecule has 0 fully saturated rings. The lowest BCUT2D eigenvalue weighted by atomic mass is 10.2. The fraction of sp³-hybridized carbons (Fsp3) is 0.160. The van der Waals surface area contributed by atoms with Crippen LogP contribution in [0.2, 0.25) is 0 Å². The Morgan fingerprint density at radius 2 is 1.57 bits per heavy atom. The van der Waals surface area contributed by atoms with E-state index in [9.17, 15) is 13.2 Å². The highest BCUT2D eigenvalue weighted by Gasteiger charge is 2.30. The van der Waals surface area contributed by atoms with Gasteiger partial charge >= 0.3 is 6.18 Å². The van der Waals surface area contributed by atoms with Crippen LogP contribution < -0.4 is 16.7 Å². The van der Waals surface area contributed by atoms with Crippen molar-refractivity contribution in [3.05, 3.63) is 90.4 Å². The molecule has 182 valence electrons. The molecular formula is C25H25F3N5PS. The van der Waals surface area contributed by atoms with Gasteiger partial charge in [0.25, 0.3) is 0 Å². The van der Waals surface area contributed by atoms with Crippen LogP contribution in [-0.4, -0.2) is 15.0 Å². The molecule has 2 aromatic carbocycles. The second-order valence-electron chi connectivity index (χ2n) is 7.08. The summed E-state index contributed by atoms with van der Waals surface area (Å²) in [4.78, 5) is 13.9. The van der Waals surface area contributed by atoms with Crippen molar-refractivity contribution < 1.29 is 13.2 Å². The van der Waals surface area contributed by atoms with Gasteiger partial charge in [0, 0.05) is 43.3 Å². The van der Waals surface area contributed by atoms with Crippen molar-refractivity contribution in [2.75, 3.05) is 5.73 Å². The summed E-state index contributed by atoms with van der Waals surface area (Å²) >= 11 is 1.22. The first-order chi connectivity index (χ1) is 16.8. The highest BCUT2D eigenvalue weighted by atomic mass is 32.2. The van der Waals surface area contributed by atoms with Crippen molar-refractivity contribution in [3.63, 3.8) is 0 Å². The van der Waals surface area contributed by atoms with Gasteiger partial charge in [-0.25, -0.2) is 4.98 Å². The van der Waals surface area contributed by atoms with E-state index < -0.39 is 19.8 Å². The van der Waals surface area contributed by atoms with Crippen LogP contribution in [0.15, 0.2) is 89.2 Å². The number of nitrogens with zero attached hydrogens (tertiary/aromatic N) is 3. The fourth-order valence-electron chi connectivity index (χ4n) is 3.12. The second-order valence-corrected chi connectivity index (χ2v) is 9.83. The van der Waals surface area contributed by atoms with E-state index >= 15 is 0 Å². The molecular weight excluding hydrogens is 490 g/mol. The molecule has 0 saturated carbocycles. The number of aromatic nitrogens is 3. The third-order valence-electron chi connectivity index (χ3n) is 4.70. The first-order valence-corrected chi connectivity index (χ1v) is 13.2. The van der Waals surface area contributed by atoms with Crippen LogP contribution in [0.4, 0.5) is 18.9 Å². The Hall–Kier alpha value is -3.00. The number of nitrogens with two attached hydrogens (primary N) is 2. The van der Waals surface area contributed by atoms with E-state index in [4.69, 9.17) is 11.2 Å². The third kappa shape index (κ3) is 7.01. The Morgan fingerprint density at radius 1 is 0.914 bits per heavy atom. The number of pyridine rings is 1. The molecule has 0 aliphatic heterocycles. The normalized spacial score (nSPS) is 11.9. The van der Waals surface area contributed by atoms with E-state index in [0.717, 1.165) is 17.7 Å². The van der Waals surface area contributed by atoms with Gasteiger partial charge in [-0.2, -0.15) is 13.2 Å². The molecule has 0 bridgehead atoms. The van der Waals surface area contributed by atoms with E-state index in [1.807, 2.05) is 44.2 Å². The number of nitrogen functional groups attached to an aromatic ring is 1. The average molecular weight is 516 g/mol. The molecule has 4 aromatic rings. The molecule has 4 rings (SSSR count). The molecule has 5 nitrogen and oxygen atoms in total. The number of halogens is 3. The third-order valence-corrected chi connectivity index (χ3v) is 7.32. The Kier molecular flexibility index (Phi) is 9.20. The largest absolute Gasteiger partial charge is 0.416 e. The molecule has 2 heterocycles. The summed E-state index contributed by atoms with van der Waals surface area (Å²) in [6.45, 7) is 4.00. The summed E-state index contributed by atoms with van der Waals surface area (Å²) in [6.07, 6.45) is 1.00. The lowest BCUT2D eigenvalue weighted by Gasteiger charge is -2.15. The average Bonchev–Trinajstić information content (AvgIpc) is 2.86. The van der Waals surface area contributed by atoms with Crippen LogP contribution in [0.5, 0.6) is 0 Å². The van der Waals surface area contributed by atoms with E-state index in [0.29, 0.717) is 38.5 Å². The van der Waals surface area contributed by atoms with Crippen LogP contribution >= 0.6 is 19.8 Å². The molecule has 1 atom stereocenters. The minimum atomic E-state index is -4.38. The number of hydrogen-bond acceptors (Lipinski definition) is 6. The number of hydrogen-bond donors (Lipinski definition) is 2. The maximum Gasteiger partial charge on any atom is 0.416 e. The minimum Gasteiger partial charge on any atom is -0.397 e. The van der Waals surface area contributed by atoms with Crippen LogP contribution in [0, 0.1) is 0 Å². The summed E-state index contributed by atoms with van der Waals surface area (Å²) in [6, 6.07) is 16.6. The molecule has 4 N–H and O–H groups in total. The van der Waals surface area contributed by atoms with Gasteiger partial charge < -0.3 is 11.2 Å². The summed E-state index contributed by atoms with van der Waals surface area (Å²) in [5.41, 5.74) is 15.4. The van der Waals surface area contributed by atoms with Crippen LogP contribution in [0.25, 0.3) is 11.3 Å². The maximum atomic E-state index is 12.8. The summed E-state index contributed by atoms with van der Waals surface area (Å²) in [7, 11) is -1.08. The van der Waals surface area contributed by atoms with Crippen molar-refractivity contribution in [1.82, 2.24) is 15.0 Å². The zero-order valence-corrected chi connectivity index (χ0v) is 20.9. The number of rotatable bonds is 6. The molecule has 0 radical (unpaired) electrons. The molecule has 0 saturated heterocycles. The van der Waals surface area contributed by atoms with Gasteiger partial charge in [-0.15, -0.1) is 0 Å². The zero-order chi connectivity index (χ0) is 25.4. The lowest BCUT2D eigenvalue weighted by molar-refractivity contribution is -0.137. The predicted octanol–water partition coefficient (Wildman–Crippen LogP) is 6.50. The van der Waals surface area contributed by atoms with Crippen molar-refractivity contribution in [2.45, 2.75) is 36.1 Å². The minimum absolute atomic E-state index is 0.466. The zero-order valence-electron chi connectivity index (χ0n) is 19.2. The van der Waals surface area contributed by atoms with Crippen LogP contribution in [0.1, 0.15) is 25.0 Å². The first kappa shape index (κ1) is 26.6. The topological polar surface area (TPSA) is 90.7 Å². The number of anilines is 1. The first-order valence-electron chi connectivity index (χ1n) is 10.8. The van der Waals surface area contributed by atoms with Crippen molar-refractivity contribution in [2.24, 2.45) is 5.50 Å². The van der Waals surface area contributed by atoms with Crippen LogP contribution in [-0.2, 0) is 12.3 Å². The molecule has 10 heteroatoms. The molecule has 0 spiro atoms. The summed E-state index contributed by atoms with van der Waals surface area (Å²) in [5, 5.41) is 0.533. The van der Waals surface area contributed by atoms with Crippen molar-refractivity contribution >= 4 is 31.0 Å². The second kappa shape index (κ2) is 12.1. The number of benzene rings is 2. The smallest absolute Gasteiger partial charge is 0.397 e. The summed E-state index contributed by atoms with van der Waals surface area (Å²) < 4.78 is 38.5. The molecule has 0 aliphatic rings. The molecule has 0 aliphatic carbocycles. The highest BCUT2D eigenvalue weighted by Crippen LogP contribution is 2.37. The lowest BCUT2D eigenvalue weighted by Crippen LogP contribution is -2.17. The Morgan fingerprint density at radius 3 is 2.20 bits per heavy atom. The fourth-order valence-corrected chi connectivity index (χ4v) is 5.35. The van der Waals surface area contributed by atoms with Gasteiger partial charge in [0.05, 0.1) is 11.3 Å². The van der Waals surface area contributed by atoms with Crippen molar-refractivity contribution in [3.8, 4) is 11.3 Å². The van der Waals surface area contributed by atoms with Gasteiger partial charge in [0.15, 0.2) is 0 Å². The van der Waals surface area contributed by atoms with E-state index in [1.54, 1.807) is 18.5 Å². The highest BCUT2D eigenvalue weighted by molar-refractivity contribution is 7.99. The standard InChI is InChI=1S/C23H19F3N5PS.C2H6/c24-23(25,26)17-6-8-18(9-7-17)33-22-20(29-10-11-30-22)16-12-19(27)21(31-13-16)32(28)14-15-4-2-1-3-5-15;1-2/h1-13H,14,27-28H2;1-2H3.